The first-order chi connectivity index (χ1) is 11.9. The molecule has 0 bridgehead atoms. The van der Waals surface area contributed by atoms with Crippen LogP contribution >= 0.6 is 0 Å². The maximum Gasteiger partial charge on any atom is 0.192 e. The molecule has 1 saturated carbocycles. The third kappa shape index (κ3) is 5.66. The smallest absolute Gasteiger partial charge is 0.192 e. The fourth-order valence-corrected chi connectivity index (χ4v) is 5.68. The Labute approximate surface area is 170 Å². The summed E-state index contributed by atoms with van der Waals surface area (Å²) in [6.07, 6.45) is 2.75. The third-order valence-electron chi connectivity index (χ3n) is 7.06. The highest BCUT2D eigenvalue weighted by atomic mass is 28.4. The van der Waals surface area contributed by atoms with Crippen LogP contribution in [0.15, 0.2) is 23.8 Å². The van der Waals surface area contributed by atoms with E-state index in [4.69, 9.17) is 8.85 Å². The predicted molar refractivity (Wildman–Crippen MR) is 122 cm³/mol. The SMILES string of the molecule is C=C1/C(=C\CO)C[C@H](O[Si](C)(C)C(C)(C)C)[C@H](C)[C@@H]1O[Si](C)(C)C(C)(C)C. The van der Waals surface area contributed by atoms with E-state index >= 15 is 0 Å². The highest BCUT2D eigenvalue weighted by Crippen LogP contribution is 2.45. The largest absolute Gasteiger partial charge is 0.413 e. The van der Waals surface area contributed by atoms with Gasteiger partial charge < -0.3 is 14.0 Å². The maximum atomic E-state index is 9.52. The first kappa shape index (κ1) is 24.8. The van der Waals surface area contributed by atoms with Crippen LogP contribution in [-0.2, 0) is 8.85 Å². The van der Waals surface area contributed by atoms with Crippen LogP contribution < -0.4 is 0 Å². The molecular weight excluding hydrogens is 368 g/mol. The zero-order chi connectivity index (χ0) is 21.4. The Bertz CT molecular complexity index is 565. The monoisotopic (exact) mass is 412 g/mol. The number of hydrogen-bond donors (Lipinski definition) is 1. The molecular formula is C22H44O3Si2. The Morgan fingerprint density at radius 3 is 1.85 bits per heavy atom. The molecule has 27 heavy (non-hydrogen) atoms. The topological polar surface area (TPSA) is 38.7 Å². The first-order valence-corrected chi connectivity index (χ1v) is 16.1. The summed E-state index contributed by atoms with van der Waals surface area (Å²) in [4.78, 5) is 0. The molecule has 1 aliphatic carbocycles. The lowest BCUT2D eigenvalue weighted by atomic mass is 9.79. The third-order valence-corrected chi connectivity index (χ3v) is 16.0. The summed E-state index contributed by atoms with van der Waals surface area (Å²) >= 11 is 0. The lowest BCUT2D eigenvalue weighted by Gasteiger charge is -2.48. The molecule has 158 valence electrons. The minimum absolute atomic E-state index is 0.0301. The van der Waals surface area contributed by atoms with E-state index in [0.29, 0.717) is 0 Å². The molecule has 0 unspecified atom stereocenters. The fourth-order valence-electron chi connectivity index (χ4n) is 2.93. The van der Waals surface area contributed by atoms with Gasteiger partial charge in [0.25, 0.3) is 0 Å². The molecule has 0 saturated heterocycles. The van der Waals surface area contributed by atoms with Crippen molar-refractivity contribution in [1.82, 2.24) is 0 Å². The van der Waals surface area contributed by atoms with Crippen molar-refractivity contribution in [2.75, 3.05) is 6.61 Å². The average Bonchev–Trinajstić information content (AvgIpc) is 2.46. The van der Waals surface area contributed by atoms with Crippen molar-refractivity contribution in [3.05, 3.63) is 23.8 Å². The van der Waals surface area contributed by atoms with Gasteiger partial charge in [0.05, 0.1) is 18.8 Å². The van der Waals surface area contributed by atoms with Crippen molar-refractivity contribution in [3.8, 4) is 0 Å². The van der Waals surface area contributed by atoms with Crippen molar-refractivity contribution < 1.29 is 14.0 Å². The van der Waals surface area contributed by atoms with Crippen LogP contribution in [0.1, 0.15) is 54.9 Å². The molecule has 5 heteroatoms. The van der Waals surface area contributed by atoms with Gasteiger partial charge in [-0.15, -0.1) is 0 Å². The number of hydrogen-bond acceptors (Lipinski definition) is 3. The van der Waals surface area contributed by atoms with Crippen LogP contribution in [0, 0.1) is 5.92 Å². The van der Waals surface area contributed by atoms with E-state index in [-0.39, 0.29) is 34.8 Å². The standard InChI is InChI=1S/C22H44O3Si2/c1-16-18(13-14-23)15-19(24-26(9,10)21(3,4)5)17(2)20(16)25-27(11,12)22(6,7)8/h13,17,19-20,23H,1,14-15H2,2-12H3/b18-13-/t17-,19-,20+/m0/s1. The first-order valence-electron chi connectivity index (χ1n) is 10.3. The summed E-state index contributed by atoms with van der Waals surface area (Å²) in [5.74, 6) is 0.247. The van der Waals surface area contributed by atoms with Gasteiger partial charge in [0.1, 0.15) is 0 Å². The number of aliphatic hydroxyl groups is 1. The van der Waals surface area contributed by atoms with Crippen LogP contribution in [0.3, 0.4) is 0 Å². The summed E-state index contributed by atoms with van der Waals surface area (Å²) in [6.45, 7) is 29.5. The highest BCUT2D eigenvalue weighted by molar-refractivity contribution is 6.74. The molecule has 1 fully saturated rings. The zero-order valence-electron chi connectivity index (χ0n) is 19.7. The van der Waals surface area contributed by atoms with Crippen LogP contribution in [0.2, 0.25) is 36.3 Å². The molecule has 1 aliphatic rings. The number of aliphatic hydroxyl groups excluding tert-OH is 1. The van der Waals surface area contributed by atoms with Gasteiger partial charge in [-0.2, -0.15) is 0 Å². The molecule has 3 nitrogen and oxygen atoms in total. The van der Waals surface area contributed by atoms with Crippen molar-refractivity contribution in [2.24, 2.45) is 5.92 Å². The van der Waals surface area contributed by atoms with E-state index < -0.39 is 16.6 Å². The lowest BCUT2D eigenvalue weighted by Crippen LogP contribution is -2.53. The summed E-state index contributed by atoms with van der Waals surface area (Å²) in [7, 11) is -3.85. The molecule has 0 spiro atoms. The van der Waals surface area contributed by atoms with Gasteiger partial charge in [-0.25, -0.2) is 0 Å². The maximum absolute atomic E-state index is 9.52. The Morgan fingerprint density at radius 2 is 1.44 bits per heavy atom. The number of rotatable bonds is 5. The van der Waals surface area contributed by atoms with Crippen LogP contribution in [-0.4, -0.2) is 40.6 Å². The second-order valence-electron chi connectivity index (χ2n) is 11.2. The minimum Gasteiger partial charge on any atom is -0.413 e. The molecule has 1 rings (SSSR count). The lowest BCUT2D eigenvalue weighted by molar-refractivity contribution is 0.0404. The second kappa shape index (κ2) is 8.27. The van der Waals surface area contributed by atoms with Crippen molar-refractivity contribution in [2.45, 2.75) is 103 Å². The van der Waals surface area contributed by atoms with E-state index in [1.54, 1.807) is 0 Å². The van der Waals surface area contributed by atoms with Crippen LogP contribution in [0.25, 0.3) is 0 Å². The molecule has 0 aromatic rings. The van der Waals surface area contributed by atoms with Crippen LogP contribution in [0.4, 0.5) is 0 Å². The molecule has 1 N–H and O–H groups in total. The van der Waals surface area contributed by atoms with E-state index in [2.05, 4.69) is 81.2 Å². The molecule has 0 amide bonds. The van der Waals surface area contributed by atoms with Gasteiger partial charge in [0, 0.05) is 5.92 Å². The second-order valence-corrected chi connectivity index (χ2v) is 20.7. The zero-order valence-corrected chi connectivity index (χ0v) is 21.7. The Kier molecular flexibility index (Phi) is 7.60. The molecule has 0 aromatic heterocycles. The fraction of sp³-hybridized carbons (Fsp3) is 0.818. The molecule has 0 aliphatic heterocycles. The molecule has 3 atom stereocenters. The van der Waals surface area contributed by atoms with E-state index in [9.17, 15) is 5.11 Å². The molecule has 0 aromatic carbocycles. The predicted octanol–water partition coefficient (Wildman–Crippen LogP) is 6.28. The van der Waals surface area contributed by atoms with Gasteiger partial charge >= 0.3 is 0 Å². The Balaban J connectivity index is 3.23. The van der Waals surface area contributed by atoms with Crippen molar-refractivity contribution in [1.29, 1.82) is 0 Å². The van der Waals surface area contributed by atoms with Gasteiger partial charge in [0.2, 0.25) is 0 Å². The molecule has 0 heterocycles. The van der Waals surface area contributed by atoms with Crippen LogP contribution in [0.5, 0.6) is 0 Å². The molecule has 0 radical (unpaired) electrons. The summed E-state index contributed by atoms with van der Waals surface area (Å²) in [5, 5.41) is 9.82. The van der Waals surface area contributed by atoms with Gasteiger partial charge in [0.15, 0.2) is 16.6 Å². The highest BCUT2D eigenvalue weighted by Gasteiger charge is 2.47. The average molecular weight is 413 g/mol. The Morgan fingerprint density at radius 1 is 1.00 bits per heavy atom. The van der Waals surface area contributed by atoms with Gasteiger partial charge in [-0.3, -0.25) is 0 Å². The van der Waals surface area contributed by atoms with Crippen molar-refractivity contribution in [3.63, 3.8) is 0 Å². The Hall–Kier alpha value is -0.206. The normalized spacial score (nSPS) is 27.3. The van der Waals surface area contributed by atoms with E-state index in [1.807, 2.05) is 6.08 Å². The minimum atomic E-state index is -1.95. The van der Waals surface area contributed by atoms with Crippen molar-refractivity contribution >= 4 is 16.6 Å². The van der Waals surface area contributed by atoms with E-state index in [0.717, 1.165) is 17.6 Å². The summed E-state index contributed by atoms with van der Waals surface area (Å²) in [6, 6.07) is 0. The summed E-state index contributed by atoms with van der Waals surface area (Å²) < 4.78 is 13.6. The quantitative estimate of drug-likeness (QED) is 0.540. The van der Waals surface area contributed by atoms with Gasteiger partial charge in [-0.1, -0.05) is 61.1 Å². The van der Waals surface area contributed by atoms with Gasteiger partial charge in [-0.05, 0) is 53.8 Å². The summed E-state index contributed by atoms with van der Waals surface area (Å²) in [5.41, 5.74) is 2.12. The van der Waals surface area contributed by atoms with E-state index in [1.165, 1.54) is 0 Å².